The molecule has 3 aliphatic heterocycles. The van der Waals surface area contributed by atoms with E-state index >= 15 is 0 Å². The monoisotopic (exact) mass is 449 g/mol. The molecule has 3 heterocycles. The molecule has 0 bridgehead atoms. The number of hydrogen-bond donors (Lipinski definition) is 0. The fourth-order valence-corrected chi connectivity index (χ4v) is 6.59. The largest absolute Gasteiger partial charge is 0.450 e. The second kappa shape index (κ2) is 10.0. The standard InChI is InChI=1S/C28H39N3O2/c1-2-33-27(32)31-16-12-25(13-17-31)30-18-14-28(15-19-30)22-29(20-23-8-4-3-5-9-23)21-24-10-6-7-11-26(24)28/h3-5,7-9,11,25H,2,6,10,12-22H2,1H3. The number of ether oxygens (including phenoxy) is 1. The molecular formula is C28H39N3O2. The van der Waals surface area contributed by atoms with Gasteiger partial charge in [0.05, 0.1) is 6.61 Å². The summed E-state index contributed by atoms with van der Waals surface area (Å²) in [5.74, 6) is 0. The summed E-state index contributed by atoms with van der Waals surface area (Å²) in [4.78, 5) is 19.4. The van der Waals surface area contributed by atoms with Gasteiger partial charge in [-0.1, -0.05) is 48.1 Å². The van der Waals surface area contributed by atoms with E-state index in [0.29, 0.717) is 18.1 Å². The van der Waals surface area contributed by atoms with Crippen LogP contribution in [0.2, 0.25) is 0 Å². The van der Waals surface area contributed by atoms with Crippen LogP contribution in [0.1, 0.15) is 51.0 Å². The van der Waals surface area contributed by atoms with Crippen molar-refractivity contribution in [3.05, 3.63) is 59.2 Å². The predicted octanol–water partition coefficient (Wildman–Crippen LogP) is 4.85. The number of fused-ring (bicyclic) bond motifs is 1. The average molecular weight is 450 g/mol. The first-order chi connectivity index (χ1) is 16.2. The van der Waals surface area contributed by atoms with Gasteiger partial charge >= 0.3 is 6.09 Å². The Morgan fingerprint density at radius 1 is 1.09 bits per heavy atom. The lowest BCUT2D eigenvalue weighted by atomic mass is 9.66. The predicted molar refractivity (Wildman–Crippen MR) is 132 cm³/mol. The number of benzene rings is 1. The number of allylic oxidation sites excluding steroid dienone is 2. The molecule has 5 nitrogen and oxygen atoms in total. The Bertz CT molecular complexity index is 878. The van der Waals surface area contributed by atoms with Crippen LogP contribution in [0, 0.1) is 5.41 Å². The van der Waals surface area contributed by atoms with Gasteiger partial charge < -0.3 is 14.5 Å². The highest BCUT2D eigenvalue weighted by Crippen LogP contribution is 2.47. The molecule has 0 atom stereocenters. The maximum Gasteiger partial charge on any atom is 0.409 e. The second-order valence-corrected chi connectivity index (χ2v) is 10.3. The Hall–Kier alpha value is -2.11. The SMILES string of the molecule is CCOC(=O)N1CCC(N2CCC3(CC2)CN(Cc2ccccc2)CC2=C3C=CCC2)CC1. The van der Waals surface area contributed by atoms with Crippen molar-refractivity contribution < 1.29 is 9.53 Å². The van der Waals surface area contributed by atoms with Gasteiger partial charge in [-0.2, -0.15) is 0 Å². The smallest absolute Gasteiger partial charge is 0.409 e. The summed E-state index contributed by atoms with van der Waals surface area (Å²) < 4.78 is 5.20. The van der Waals surface area contributed by atoms with Gasteiger partial charge in [-0.05, 0) is 69.7 Å². The number of nitrogens with zero attached hydrogens (tertiary/aromatic N) is 3. The van der Waals surface area contributed by atoms with Crippen LogP contribution in [0.4, 0.5) is 4.79 Å². The Morgan fingerprint density at radius 2 is 1.85 bits per heavy atom. The van der Waals surface area contributed by atoms with Gasteiger partial charge in [0.25, 0.3) is 0 Å². The van der Waals surface area contributed by atoms with E-state index in [-0.39, 0.29) is 6.09 Å². The molecule has 0 unspecified atom stereocenters. The Kier molecular flexibility index (Phi) is 6.89. The molecule has 1 amide bonds. The molecule has 2 fully saturated rings. The number of carbonyl (C=O) groups excluding carboxylic acids is 1. The fourth-order valence-electron chi connectivity index (χ4n) is 6.59. The van der Waals surface area contributed by atoms with E-state index in [4.69, 9.17) is 4.74 Å². The highest BCUT2D eigenvalue weighted by atomic mass is 16.6. The van der Waals surface area contributed by atoms with E-state index in [9.17, 15) is 4.79 Å². The normalized spacial score (nSPS) is 24.2. The molecule has 178 valence electrons. The molecule has 5 rings (SSSR count). The van der Waals surface area contributed by atoms with Crippen LogP contribution in [0.15, 0.2) is 53.6 Å². The molecule has 0 N–H and O–H groups in total. The van der Waals surface area contributed by atoms with E-state index in [1.807, 2.05) is 11.8 Å². The summed E-state index contributed by atoms with van der Waals surface area (Å²) in [6.45, 7) is 9.71. The summed E-state index contributed by atoms with van der Waals surface area (Å²) >= 11 is 0. The van der Waals surface area contributed by atoms with Crippen molar-refractivity contribution in [1.82, 2.24) is 14.7 Å². The lowest BCUT2D eigenvalue weighted by Gasteiger charge is -2.51. The van der Waals surface area contributed by atoms with Crippen molar-refractivity contribution in [3.8, 4) is 0 Å². The second-order valence-electron chi connectivity index (χ2n) is 10.3. The number of carbonyl (C=O) groups is 1. The van der Waals surface area contributed by atoms with E-state index in [0.717, 1.165) is 39.0 Å². The highest BCUT2D eigenvalue weighted by Gasteiger charge is 2.44. The summed E-state index contributed by atoms with van der Waals surface area (Å²) in [6, 6.07) is 11.6. The molecule has 0 aromatic heterocycles. The Balaban J connectivity index is 1.23. The first kappa shape index (κ1) is 22.7. The van der Waals surface area contributed by atoms with Crippen molar-refractivity contribution in [2.24, 2.45) is 5.41 Å². The van der Waals surface area contributed by atoms with Crippen LogP contribution < -0.4 is 0 Å². The molecule has 33 heavy (non-hydrogen) atoms. The minimum absolute atomic E-state index is 0.141. The molecule has 5 heteroatoms. The van der Waals surface area contributed by atoms with Crippen LogP contribution in [0.25, 0.3) is 0 Å². The summed E-state index contributed by atoms with van der Waals surface area (Å²) in [6.07, 6.45) is 11.8. The molecule has 1 aliphatic carbocycles. The van der Waals surface area contributed by atoms with Crippen LogP contribution in [-0.2, 0) is 11.3 Å². The number of rotatable bonds is 4. The van der Waals surface area contributed by atoms with E-state index in [1.165, 1.54) is 50.9 Å². The molecule has 1 aromatic rings. The zero-order valence-electron chi connectivity index (χ0n) is 20.2. The maximum absolute atomic E-state index is 12.1. The van der Waals surface area contributed by atoms with Crippen LogP contribution >= 0.6 is 0 Å². The van der Waals surface area contributed by atoms with Gasteiger partial charge in [-0.15, -0.1) is 0 Å². The molecule has 1 aromatic carbocycles. The number of amides is 1. The van der Waals surface area contributed by atoms with Crippen LogP contribution in [0.5, 0.6) is 0 Å². The molecule has 0 saturated carbocycles. The number of hydrogen-bond acceptors (Lipinski definition) is 4. The lowest BCUT2D eigenvalue weighted by Crippen LogP contribution is -2.54. The van der Waals surface area contributed by atoms with Gasteiger partial charge in [-0.25, -0.2) is 4.79 Å². The maximum atomic E-state index is 12.1. The van der Waals surface area contributed by atoms with Crippen molar-refractivity contribution in [3.63, 3.8) is 0 Å². The van der Waals surface area contributed by atoms with Crippen molar-refractivity contribution in [1.29, 1.82) is 0 Å². The zero-order chi connectivity index (χ0) is 22.7. The van der Waals surface area contributed by atoms with Gasteiger partial charge in [0.15, 0.2) is 0 Å². The molecule has 1 spiro atoms. The minimum atomic E-state index is -0.141. The van der Waals surface area contributed by atoms with E-state index < -0.39 is 0 Å². The summed E-state index contributed by atoms with van der Waals surface area (Å²) in [5.41, 5.74) is 5.10. The first-order valence-corrected chi connectivity index (χ1v) is 13.0. The Labute approximate surface area is 199 Å². The zero-order valence-corrected chi connectivity index (χ0v) is 20.2. The van der Waals surface area contributed by atoms with Crippen molar-refractivity contribution in [2.75, 3.05) is 45.9 Å². The van der Waals surface area contributed by atoms with Crippen molar-refractivity contribution >= 4 is 6.09 Å². The van der Waals surface area contributed by atoms with Gasteiger partial charge in [0.2, 0.25) is 0 Å². The Morgan fingerprint density at radius 3 is 2.58 bits per heavy atom. The number of likely N-dealkylation sites (tertiary alicyclic amines) is 2. The van der Waals surface area contributed by atoms with E-state index in [2.05, 4.69) is 52.3 Å². The molecule has 2 saturated heterocycles. The third kappa shape index (κ3) is 4.90. The average Bonchev–Trinajstić information content (AvgIpc) is 2.86. The van der Waals surface area contributed by atoms with Gasteiger partial charge in [0.1, 0.15) is 0 Å². The molecule has 0 radical (unpaired) electrons. The van der Waals surface area contributed by atoms with Crippen LogP contribution in [0.3, 0.4) is 0 Å². The molecular weight excluding hydrogens is 410 g/mol. The molecule has 4 aliphatic rings. The lowest BCUT2D eigenvalue weighted by molar-refractivity contribution is 0.0321. The first-order valence-electron chi connectivity index (χ1n) is 13.0. The summed E-state index contributed by atoms with van der Waals surface area (Å²) in [7, 11) is 0. The van der Waals surface area contributed by atoms with Crippen LogP contribution in [-0.4, -0.2) is 72.7 Å². The third-order valence-electron chi connectivity index (χ3n) is 8.30. The number of piperidine rings is 2. The van der Waals surface area contributed by atoms with E-state index in [1.54, 1.807) is 11.1 Å². The topological polar surface area (TPSA) is 36.0 Å². The summed E-state index contributed by atoms with van der Waals surface area (Å²) in [5, 5.41) is 0. The minimum Gasteiger partial charge on any atom is -0.450 e. The van der Waals surface area contributed by atoms with Gasteiger partial charge in [-0.3, -0.25) is 4.90 Å². The van der Waals surface area contributed by atoms with Gasteiger partial charge in [0, 0.05) is 44.2 Å². The highest BCUT2D eigenvalue weighted by molar-refractivity contribution is 5.67. The third-order valence-corrected chi connectivity index (χ3v) is 8.30. The quantitative estimate of drug-likeness (QED) is 0.658. The van der Waals surface area contributed by atoms with Crippen molar-refractivity contribution in [2.45, 2.75) is 58.0 Å². The fraction of sp³-hybridized carbons (Fsp3) is 0.607.